The van der Waals surface area contributed by atoms with Crippen LogP contribution in [0.5, 0.6) is 0 Å². The zero-order chi connectivity index (χ0) is 15.4. The van der Waals surface area contributed by atoms with Gasteiger partial charge < -0.3 is 15.3 Å². The number of likely N-dealkylation sites (tertiary alicyclic amines) is 1. The highest BCUT2D eigenvalue weighted by Gasteiger charge is 2.23. The highest BCUT2D eigenvalue weighted by Crippen LogP contribution is 2.19. The zero-order valence-corrected chi connectivity index (χ0v) is 13.2. The Kier molecular flexibility index (Phi) is 5.23. The molecule has 0 bridgehead atoms. The summed E-state index contributed by atoms with van der Waals surface area (Å²) in [7, 11) is 0. The first-order valence-electron chi connectivity index (χ1n) is 7.74. The quantitative estimate of drug-likeness (QED) is 0.899. The molecule has 1 aromatic carbocycles. The first-order chi connectivity index (χ1) is 9.99. The number of aliphatic hydroxyl groups excluding tert-OH is 1. The third-order valence-corrected chi connectivity index (χ3v) is 4.24. The van der Waals surface area contributed by atoms with Crippen LogP contribution in [-0.4, -0.2) is 35.7 Å². The van der Waals surface area contributed by atoms with Crippen LogP contribution in [0.25, 0.3) is 0 Å². The van der Waals surface area contributed by atoms with Gasteiger partial charge in [-0.2, -0.15) is 0 Å². The number of nitrogens with zero attached hydrogens (tertiary/aromatic N) is 1. The molecule has 1 fully saturated rings. The third-order valence-electron chi connectivity index (χ3n) is 4.24. The molecular formula is C17H26N2O2. The maximum Gasteiger partial charge on any atom is 0.317 e. The van der Waals surface area contributed by atoms with Crippen LogP contribution in [0.3, 0.4) is 0 Å². The maximum absolute atomic E-state index is 12.3. The standard InChI is InChI=1S/C17H26N2O2/c1-12-8-13(2)10-16(9-12)14(3)18-17(21)19-6-4-15(11-20)5-7-19/h8-10,14-15,20H,4-7,11H2,1-3H3,(H,18,21). The van der Waals surface area contributed by atoms with E-state index in [4.69, 9.17) is 5.11 Å². The van der Waals surface area contributed by atoms with Gasteiger partial charge in [0, 0.05) is 19.7 Å². The highest BCUT2D eigenvalue weighted by atomic mass is 16.3. The molecule has 1 aliphatic rings. The Hall–Kier alpha value is -1.55. The Labute approximate surface area is 127 Å². The van der Waals surface area contributed by atoms with Crippen molar-refractivity contribution < 1.29 is 9.90 Å². The molecule has 1 aliphatic heterocycles. The largest absolute Gasteiger partial charge is 0.396 e. The molecular weight excluding hydrogens is 264 g/mol. The van der Waals surface area contributed by atoms with Gasteiger partial charge in [0.05, 0.1) is 6.04 Å². The van der Waals surface area contributed by atoms with Gasteiger partial charge in [-0.05, 0) is 45.1 Å². The lowest BCUT2D eigenvalue weighted by molar-refractivity contribution is 0.136. The highest BCUT2D eigenvalue weighted by molar-refractivity contribution is 5.74. The number of rotatable bonds is 3. The molecule has 1 atom stereocenters. The van der Waals surface area contributed by atoms with Gasteiger partial charge in [-0.25, -0.2) is 4.79 Å². The van der Waals surface area contributed by atoms with E-state index in [1.165, 1.54) is 11.1 Å². The van der Waals surface area contributed by atoms with Crippen LogP contribution in [0.1, 0.15) is 42.5 Å². The summed E-state index contributed by atoms with van der Waals surface area (Å²) in [5, 5.41) is 12.2. The van der Waals surface area contributed by atoms with Crippen LogP contribution in [0.15, 0.2) is 18.2 Å². The molecule has 1 heterocycles. The van der Waals surface area contributed by atoms with Crippen LogP contribution >= 0.6 is 0 Å². The Morgan fingerprint density at radius 3 is 2.38 bits per heavy atom. The van der Waals surface area contributed by atoms with Crippen molar-refractivity contribution in [2.75, 3.05) is 19.7 Å². The van der Waals surface area contributed by atoms with Crippen molar-refractivity contribution in [2.45, 2.75) is 39.7 Å². The smallest absolute Gasteiger partial charge is 0.317 e. The van der Waals surface area contributed by atoms with E-state index in [1.807, 2.05) is 11.8 Å². The Morgan fingerprint density at radius 1 is 1.29 bits per heavy atom. The summed E-state index contributed by atoms with van der Waals surface area (Å²) >= 11 is 0. The van der Waals surface area contributed by atoms with Gasteiger partial charge in [0.15, 0.2) is 0 Å². The minimum Gasteiger partial charge on any atom is -0.396 e. The fourth-order valence-electron chi connectivity index (χ4n) is 2.94. The second-order valence-electron chi connectivity index (χ2n) is 6.21. The number of aryl methyl sites for hydroxylation is 2. The summed E-state index contributed by atoms with van der Waals surface area (Å²) in [6.45, 7) is 7.86. The van der Waals surface area contributed by atoms with Crippen LogP contribution in [-0.2, 0) is 0 Å². The number of carbonyl (C=O) groups excluding carboxylic acids is 1. The number of urea groups is 1. The fraction of sp³-hybridized carbons (Fsp3) is 0.588. The Bertz CT molecular complexity index is 473. The number of hydrogen-bond donors (Lipinski definition) is 2. The van der Waals surface area contributed by atoms with Crippen molar-refractivity contribution in [1.82, 2.24) is 10.2 Å². The maximum atomic E-state index is 12.3. The fourth-order valence-corrected chi connectivity index (χ4v) is 2.94. The van der Waals surface area contributed by atoms with Gasteiger partial charge >= 0.3 is 6.03 Å². The molecule has 1 saturated heterocycles. The second-order valence-corrected chi connectivity index (χ2v) is 6.21. The number of benzene rings is 1. The average Bonchev–Trinajstić information content (AvgIpc) is 2.46. The molecule has 4 heteroatoms. The summed E-state index contributed by atoms with van der Waals surface area (Å²) in [6, 6.07) is 6.38. The number of hydrogen-bond acceptors (Lipinski definition) is 2. The lowest BCUT2D eigenvalue weighted by Crippen LogP contribution is -2.45. The number of piperidine rings is 1. The van der Waals surface area contributed by atoms with Crippen molar-refractivity contribution in [1.29, 1.82) is 0 Å². The molecule has 116 valence electrons. The van der Waals surface area contributed by atoms with Gasteiger partial charge in [0.1, 0.15) is 0 Å². The molecule has 0 radical (unpaired) electrons. The normalized spacial score (nSPS) is 17.6. The summed E-state index contributed by atoms with van der Waals surface area (Å²) in [5.74, 6) is 0.353. The minimum absolute atomic E-state index is 0.00181. The van der Waals surface area contributed by atoms with Gasteiger partial charge in [-0.1, -0.05) is 29.3 Å². The first-order valence-corrected chi connectivity index (χ1v) is 7.74. The van der Waals surface area contributed by atoms with E-state index < -0.39 is 0 Å². The van der Waals surface area contributed by atoms with Gasteiger partial charge in [-0.15, -0.1) is 0 Å². The molecule has 1 unspecified atom stereocenters. The Morgan fingerprint density at radius 2 is 1.86 bits per heavy atom. The predicted octanol–water partition coefficient (Wildman–Crippen LogP) is 2.78. The Balaban J connectivity index is 1.93. The number of nitrogens with one attached hydrogen (secondary N) is 1. The number of aliphatic hydroxyl groups is 1. The van der Waals surface area contributed by atoms with Crippen molar-refractivity contribution in [2.24, 2.45) is 5.92 Å². The van der Waals surface area contributed by atoms with E-state index in [0.717, 1.165) is 31.5 Å². The molecule has 0 saturated carbocycles. The van der Waals surface area contributed by atoms with Crippen molar-refractivity contribution in [3.8, 4) is 0 Å². The number of carbonyl (C=O) groups is 1. The minimum atomic E-state index is -0.00181. The lowest BCUT2D eigenvalue weighted by Gasteiger charge is -2.32. The van der Waals surface area contributed by atoms with Gasteiger partial charge in [0.2, 0.25) is 0 Å². The average molecular weight is 290 g/mol. The van der Waals surface area contributed by atoms with E-state index in [9.17, 15) is 4.79 Å². The van der Waals surface area contributed by atoms with Crippen LogP contribution in [0, 0.1) is 19.8 Å². The summed E-state index contributed by atoms with van der Waals surface area (Å²) in [4.78, 5) is 14.2. The molecule has 1 aromatic rings. The molecule has 21 heavy (non-hydrogen) atoms. The van der Waals surface area contributed by atoms with E-state index in [0.29, 0.717) is 5.92 Å². The van der Waals surface area contributed by atoms with Crippen LogP contribution in [0.4, 0.5) is 4.79 Å². The van der Waals surface area contributed by atoms with Gasteiger partial charge in [0.25, 0.3) is 0 Å². The van der Waals surface area contributed by atoms with Crippen molar-refractivity contribution >= 4 is 6.03 Å². The first kappa shape index (κ1) is 15.8. The zero-order valence-electron chi connectivity index (χ0n) is 13.2. The monoisotopic (exact) mass is 290 g/mol. The van der Waals surface area contributed by atoms with Crippen LogP contribution in [0.2, 0.25) is 0 Å². The third kappa shape index (κ3) is 4.21. The summed E-state index contributed by atoms with van der Waals surface area (Å²) < 4.78 is 0. The molecule has 0 aromatic heterocycles. The lowest BCUT2D eigenvalue weighted by atomic mass is 9.98. The second kappa shape index (κ2) is 6.94. The predicted molar refractivity (Wildman–Crippen MR) is 84.2 cm³/mol. The van der Waals surface area contributed by atoms with Gasteiger partial charge in [-0.3, -0.25) is 0 Å². The molecule has 4 nitrogen and oxygen atoms in total. The van der Waals surface area contributed by atoms with E-state index >= 15 is 0 Å². The van der Waals surface area contributed by atoms with Crippen molar-refractivity contribution in [3.63, 3.8) is 0 Å². The van der Waals surface area contributed by atoms with Crippen LogP contribution < -0.4 is 5.32 Å². The van der Waals surface area contributed by atoms with E-state index in [-0.39, 0.29) is 18.7 Å². The SMILES string of the molecule is Cc1cc(C)cc(C(C)NC(=O)N2CCC(CO)CC2)c1. The molecule has 0 spiro atoms. The van der Waals surface area contributed by atoms with Crippen molar-refractivity contribution in [3.05, 3.63) is 34.9 Å². The summed E-state index contributed by atoms with van der Waals surface area (Å²) in [5.41, 5.74) is 3.58. The van der Waals surface area contributed by atoms with E-state index in [1.54, 1.807) is 0 Å². The molecule has 2 rings (SSSR count). The topological polar surface area (TPSA) is 52.6 Å². The molecule has 2 amide bonds. The summed E-state index contributed by atoms with van der Waals surface area (Å²) in [6.07, 6.45) is 1.78. The van der Waals surface area contributed by atoms with E-state index in [2.05, 4.69) is 37.4 Å². The molecule has 2 N–H and O–H groups in total. The molecule has 0 aliphatic carbocycles. The number of amides is 2.